The average molecular weight is 387 g/mol. The molecule has 0 aliphatic heterocycles. The van der Waals surface area contributed by atoms with Crippen LogP contribution in [0.15, 0.2) is 11.6 Å². The lowest BCUT2D eigenvalue weighted by Gasteiger charge is -2.57. The molecule has 160 valence electrons. The molecule has 4 aliphatic rings. The third-order valence-corrected chi connectivity index (χ3v) is 10.2. The molecule has 0 unspecified atom stereocenters. The molecule has 0 aromatic heterocycles. The predicted octanol–water partition coefficient (Wildman–Crippen LogP) is 7.39. The first-order valence-electron chi connectivity index (χ1n) is 12.6. The smallest absolute Gasteiger partial charge is 0.0543 e. The molecular weight excluding hydrogens is 340 g/mol. The van der Waals surface area contributed by atoms with Crippen molar-refractivity contribution in [2.24, 2.45) is 46.3 Å². The van der Waals surface area contributed by atoms with Crippen molar-refractivity contribution in [3.63, 3.8) is 0 Å². The molecule has 28 heavy (non-hydrogen) atoms. The Labute approximate surface area is 174 Å². The zero-order chi connectivity index (χ0) is 20.1. The van der Waals surface area contributed by atoms with Crippen LogP contribution < -0.4 is 0 Å². The van der Waals surface area contributed by atoms with Crippen LogP contribution in [0.5, 0.6) is 0 Å². The molecule has 0 aromatic carbocycles. The van der Waals surface area contributed by atoms with Crippen LogP contribution in [0.3, 0.4) is 0 Å². The lowest BCUT2D eigenvalue weighted by atomic mass is 9.48. The van der Waals surface area contributed by atoms with Gasteiger partial charge in [-0.05, 0) is 97.7 Å². The van der Waals surface area contributed by atoms with Crippen molar-refractivity contribution in [3.05, 3.63) is 11.6 Å². The van der Waals surface area contributed by atoms with Crippen LogP contribution in [-0.4, -0.2) is 11.2 Å². The first-order valence-corrected chi connectivity index (χ1v) is 12.6. The maximum absolute atomic E-state index is 10.2. The van der Waals surface area contributed by atoms with E-state index in [1.54, 1.807) is 0 Å². The van der Waals surface area contributed by atoms with E-state index in [-0.39, 0.29) is 6.10 Å². The van der Waals surface area contributed by atoms with Gasteiger partial charge in [-0.2, -0.15) is 0 Å². The lowest BCUT2D eigenvalue weighted by Crippen LogP contribution is -2.48. The number of hydrogen-bond acceptors (Lipinski definition) is 1. The summed E-state index contributed by atoms with van der Waals surface area (Å²) in [6.45, 7) is 12.5. The summed E-state index contributed by atoms with van der Waals surface area (Å²) in [5.74, 6) is 5.18. The van der Waals surface area contributed by atoms with Crippen LogP contribution in [0.25, 0.3) is 0 Å². The third-order valence-electron chi connectivity index (χ3n) is 10.2. The van der Waals surface area contributed by atoms with Gasteiger partial charge in [-0.15, -0.1) is 0 Å². The van der Waals surface area contributed by atoms with Gasteiger partial charge in [-0.25, -0.2) is 0 Å². The summed E-state index contributed by atoms with van der Waals surface area (Å²) >= 11 is 0. The Morgan fingerprint density at radius 3 is 2.57 bits per heavy atom. The minimum absolute atomic E-state index is 0.0355. The molecule has 4 rings (SSSR count). The summed E-state index contributed by atoms with van der Waals surface area (Å²) in [7, 11) is 0. The molecule has 0 amide bonds. The molecule has 1 nitrogen and oxygen atoms in total. The van der Waals surface area contributed by atoms with Crippen LogP contribution in [0.2, 0.25) is 0 Å². The van der Waals surface area contributed by atoms with Crippen LogP contribution in [0.4, 0.5) is 0 Å². The molecule has 4 aliphatic carbocycles. The van der Waals surface area contributed by atoms with Crippen molar-refractivity contribution in [1.82, 2.24) is 0 Å². The Balaban J connectivity index is 1.51. The Kier molecular flexibility index (Phi) is 5.80. The van der Waals surface area contributed by atoms with Crippen LogP contribution >= 0.6 is 0 Å². The van der Waals surface area contributed by atoms with E-state index >= 15 is 0 Å². The highest BCUT2D eigenvalue weighted by Crippen LogP contribution is 2.66. The van der Waals surface area contributed by atoms with Crippen LogP contribution in [-0.2, 0) is 0 Å². The molecule has 8 atom stereocenters. The highest BCUT2D eigenvalue weighted by molar-refractivity contribution is 5.29. The van der Waals surface area contributed by atoms with Gasteiger partial charge in [0.25, 0.3) is 0 Å². The zero-order valence-electron chi connectivity index (χ0n) is 19.3. The molecule has 1 N–H and O–H groups in total. The molecule has 0 heterocycles. The maximum atomic E-state index is 10.2. The number of rotatable bonds is 5. The normalized spacial score (nSPS) is 46.5. The van der Waals surface area contributed by atoms with Crippen LogP contribution in [0.1, 0.15) is 105 Å². The van der Waals surface area contributed by atoms with E-state index in [0.29, 0.717) is 10.8 Å². The fourth-order valence-electron chi connectivity index (χ4n) is 8.53. The van der Waals surface area contributed by atoms with Gasteiger partial charge >= 0.3 is 0 Å². The fourth-order valence-corrected chi connectivity index (χ4v) is 8.53. The van der Waals surface area contributed by atoms with E-state index in [0.717, 1.165) is 48.3 Å². The quantitative estimate of drug-likeness (QED) is 0.488. The Bertz CT molecular complexity index is 591. The van der Waals surface area contributed by atoms with Gasteiger partial charge in [-0.3, -0.25) is 0 Å². The standard InChI is InChI=1S/C27H46O/c1-18(2)7-6-8-19(3)23-11-12-24-22-10-9-20-17-21(28)13-15-26(20,4)25(22)14-16-27(23,24)5/h14,18-24,28H,6-13,15-17H2,1-5H3/t19-,20+,21-,22+,23-,24+,26+,27-/m1/s1. The van der Waals surface area contributed by atoms with Gasteiger partial charge in [0.15, 0.2) is 0 Å². The largest absolute Gasteiger partial charge is 0.393 e. The molecule has 0 spiro atoms. The SMILES string of the molecule is CC(C)CCC[C@@H](C)[C@H]1CC[C@H]2[C@@H]3CC[C@H]4C[C@H](O)CC[C@]4(C)C3=CC[C@]12C. The van der Waals surface area contributed by atoms with Gasteiger partial charge in [0, 0.05) is 0 Å². The minimum Gasteiger partial charge on any atom is -0.393 e. The van der Waals surface area contributed by atoms with Gasteiger partial charge in [0.05, 0.1) is 6.10 Å². The summed E-state index contributed by atoms with van der Waals surface area (Å²) in [6, 6.07) is 0. The topological polar surface area (TPSA) is 20.2 Å². The number of hydrogen-bond donors (Lipinski definition) is 1. The van der Waals surface area contributed by atoms with E-state index in [2.05, 4.69) is 40.7 Å². The molecule has 3 fully saturated rings. The summed E-state index contributed by atoms with van der Waals surface area (Å²) < 4.78 is 0. The molecular formula is C27H46O. The van der Waals surface area contributed by atoms with E-state index in [1.807, 2.05) is 5.57 Å². The summed E-state index contributed by atoms with van der Waals surface area (Å²) in [4.78, 5) is 0. The first kappa shape index (κ1) is 21.0. The summed E-state index contributed by atoms with van der Waals surface area (Å²) in [5.41, 5.74) is 2.78. The molecule has 0 aromatic rings. The number of allylic oxidation sites excluding steroid dienone is 2. The Hall–Kier alpha value is -0.300. The highest BCUT2D eigenvalue weighted by Gasteiger charge is 2.57. The van der Waals surface area contributed by atoms with Crippen molar-refractivity contribution in [2.75, 3.05) is 0 Å². The van der Waals surface area contributed by atoms with E-state index < -0.39 is 0 Å². The second-order valence-electron chi connectivity index (χ2n) is 12.2. The van der Waals surface area contributed by atoms with Crippen molar-refractivity contribution < 1.29 is 5.11 Å². The number of aliphatic hydroxyl groups is 1. The molecule has 0 saturated heterocycles. The molecule has 0 bridgehead atoms. The van der Waals surface area contributed by atoms with Crippen molar-refractivity contribution in [1.29, 1.82) is 0 Å². The monoisotopic (exact) mass is 386 g/mol. The second kappa shape index (κ2) is 7.75. The highest BCUT2D eigenvalue weighted by atomic mass is 16.3. The van der Waals surface area contributed by atoms with E-state index in [1.165, 1.54) is 57.8 Å². The van der Waals surface area contributed by atoms with Gasteiger partial charge < -0.3 is 5.11 Å². The first-order chi connectivity index (χ1) is 13.3. The average Bonchev–Trinajstić information content (AvgIpc) is 2.99. The predicted molar refractivity (Wildman–Crippen MR) is 119 cm³/mol. The molecule has 3 saturated carbocycles. The zero-order valence-corrected chi connectivity index (χ0v) is 19.3. The second-order valence-corrected chi connectivity index (χ2v) is 12.2. The minimum atomic E-state index is -0.0355. The Morgan fingerprint density at radius 1 is 1.04 bits per heavy atom. The molecule has 0 radical (unpaired) electrons. The lowest BCUT2D eigenvalue weighted by molar-refractivity contribution is -0.0158. The van der Waals surface area contributed by atoms with Crippen LogP contribution in [0, 0.1) is 46.3 Å². The van der Waals surface area contributed by atoms with Gasteiger partial charge in [0.1, 0.15) is 0 Å². The summed E-state index contributed by atoms with van der Waals surface area (Å²) in [6.07, 6.45) is 17.3. The van der Waals surface area contributed by atoms with Crippen molar-refractivity contribution >= 4 is 0 Å². The van der Waals surface area contributed by atoms with Gasteiger partial charge in [0.2, 0.25) is 0 Å². The number of aliphatic hydroxyl groups excluding tert-OH is 1. The van der Waals surface area contributed by atoms with E-state index in [9.17, 15) is 5.11 Å². The maximum Gasteiger partial charge on any atom is 0.0543 e. The molecule has 1 heteroatoms. The van der Waals surface area contributed by atoms with Crippen molar-refractivity contribution in [2.45, 2.75) is 111 Å². The summed E-state index contributed by atoms with van der Waals surface area (Å²) in [5, 5.41) is 10.2. The third kappa shape index (κ3) is 3.42. The van der Waals surface area contributed by atoms with Crippen molar-refractivity contribution in [3.8, 4) is 0 Å². The Morgan fingerprint density at radius 2 is 1.82 bits per heavy atom. The van der Waals surface area contributed by atoms with E-state index in [4.69, 9.17) is 0 Å². The van der Waals surface area contributed by atoms with Gasteiger partial charge in [-0.1, -0.05) is 65.5 Å². The fraction of sp³-hybridized carbons (Fsp3) is 0.926. The number of fused-ring (bicyclic) bond motifs is 5.